The van der Waals surface area contributed by atoms with E-state index in [1.54, 1.807) is 18.6 Å². The van der Waals surface area contributed by atoms with Crippen molar-refractivity contribution in [2.75, 3.05) is 16.8 Å². The molecule has 3 N–H and O–H groups in total. The number of halogens is 2. The van der Waals surface area contributed by atoms with Crippen molar-refractivity contribution in [2.45, 2.75) is 11.4 Å². The molecule has 0 spiro atoms. The summed E-state index contributed by atoms with van der Waals surface area (Å²) in [6.45, 7) is 0. The van der Waals surface area contributed by atoms with Crippen LogP contribution in [-0.2, 0) is 4.79 Å². The Kier molecular flexibility index (Phi) is 5.67. The topological polar surface area (TPSA) is 80.9 Å². The molecule has 0 aliphatic heterocycles. The first-order valence-corrected chi connectivity index (χ1v) is 7.73. The van der Waals surface area contributed by atoms with E-state index in [1.807, 2.05) is 0 Å². The summed E-state index contributed by atoms with van der Waals surface area (Å²) in [5, 5.41) is 4.09. The summed E-state index contributed by atoms with van der Waals surface area (Å²) < 4.78 is 0. The van der Waals surface area contributed by atoms with E-state index in [0.717, 1.165) is 5.03 Å². The molecule has 0 bridgehead atoms. The number of nitrogens with two attached hydrogens (primary N) is 1. The molecule has 0 unspecified atom stereocenters. The summed E-state index contributed by atoms with van der Waals surface area (Å²) in [7, 11) is 0. The van der Waals surface area contributed by atoms with Crippen LogP contribution in [0.3, 0.4) is 0 Å². The minimum Gasteiger partial charge on any atom is -0.399 e. The van der Waals surface area contributed by atoms with Gasteiger partial charge in [-0.05, 0) is 12.1 Å². The van der Waals surface area contributed by atoms with Crippen LogP contribution in [0.4, 0.5) is 11.4 Å². The third kappa shape index (κ3) is 4.77. The first kappa shape index (κ1) is 15.9. The second-order valence-electron chi connectivity index (χ2n) is 4.05. The summed E-state index contributed by atoms with van der Waals surface area (Å²) in [6.07, 6.45) is 5.16. The Morgan fingerprint density at radius 3 is 2.62 bits per heavy atom. The molecule has 0 saturated carbocycles. The van der Waals surface area contributed by atoms with Crippen molar-refractivity contribution >= 4 is 52.2 Å². The van der Waals surface area contributed by atoms with E-state index in [9.17, 15) is 4.79 Å². The van der Waals surface area contributed by atoms with Crippen LogP contribution in [0.2, 0.25) is 10.0 Å². The minimum absolute atomic E-state index is 0.181. The largest absolute Gasteiger partial charge is 0.399 e. The highest BCUT2D eigenvalue weighted by molar-refractivity contribution is 7.99. The highest BCUT2D eigenvalue weighted by Crippen LogP contribution is 2.32. The molecule has 0 atom stereocenters. The van der Waals surface area contributed by atoms with Crippen molar-refractivity contribution in [3.8, 4) is 0 Å². The SMILES string of the molecule is Nc1cc(Cl)c(NC(=O)CCSc2cnccn2)c(Cl)c1. The standard InChI is InChI=1S/C13H12Cl2N4OS/c14-9-5-8(16)6-10(15)13(9)19-11(20)1-4-21-12-7-17-2-3-18-12/h2-3,5-7H,1,4,16H2,(H,19,20). The number of amides is 1. The Bertz CT molecular complexity index is 616. The number of hydrogen-bond acceptors (Lipinski definition) is 5. The van der Waals surface area contributed by atoms with Gasteiger partial charge in [0, 0.05) is 30.3 Å². The van der Waals surface area contributed by atoms with E-state index >= 15 is 0 Å². The molecule has 0 radical (unpaired) electrons. The first-order valence-electron chi connectivity index (χ1n) is 5.99. The Labute approximate surface area is 136 Å². The number of nitrogens with zero attached hydrogens (tertiary/aromatic N) is 2. The maximum absolute atomic E-state index is 11.9. The number of carbonyl (C=O) groups is 1. The van der Waals surface area contributed by atoms with Gasteiger partial charge >= 0.3 is 0 Å². The highest BCUT2D eigenvalue weighted by atomic mass is 35.5. The average molecular weight is 343 g/mol. The number of thioether (sulfide) groups is 1. The number of hydrogen-bond donors (Lipinski definition) is 2. The van der Waals surface area contributed by atoms with Crippen LogP contribution in [0.15, 0.2) is 35.7 Å². The fourth-order valence-electron chi connectivity index (χ4n) is 1.52. The molecule has 8 heteroatoms. The average Bonchev–Trinajstić information content (AvgIpc) is 2.44. The van der Waals surface area contributed by atoms with E-state index in [1.165, 1.54) is 23.9 Å². The lowest BCUT2D eigenvalue weighted by molar-refractivity contribution is -0.115. The third-order valence-corrected chi connectivity index (χ3v) is 3.96. The van der Waals surface area contributed by atoms with Crippen LogP contribution < -0.4 is 11.1 Å². The Hall–Kier alpha value is -1.50. The predicted octanol–water partition coefficient (Wildman–Crippen LogP) is 3.49. The number of anilines is 2. The smallest absolute Gasteiger partial charge is 0.225 e. The van der Waals surface area contributed by atoms with Crippen molar-refractivity contribution in [2.24, 2.45) is 0 Å². The maximum Gasteiger partial charge on any atom is 0.225 e. The van der Waals surface area contributed by atoms with E-state index in [0.29, 0.717) is 33.6 Å². The fourth-order valence-corrected chi connectivity index (χ4v) is 2.89. The number of rotatable bonds is 5. The molecule has 1 heterocycles. The normalized spacial score (nSPS) is 10.4. The molecule has 0 saturated heterocycles. The van der Waals surface area contributed by atoms with Gasteiger partial charge < -0.3 is 11.1 Å². The van der Waals surface area contributed by atoms with Gasteiger partial charge in [-0.3, -0.25) is 9.78 Å². The summed E-state index contributed by atoms with van der Waals surface area (Å²) in [5.41, 5.74) is 6.43. The monoisotopic (exact) mass is 342 g/mol. The Morgan fingerprint density at radius 1 is 1.29 bits per heavy atom. The van der Waals surface area contributed by atoms with Gasteiger partial charge in [-0.25, -0.2) is 4.98 Å². The van der Waals surface area contributed by atoms with Gasteiger partial charge in [0.1, 0.15) is 5.03 Å². The molecule has 0 aliphatic rings. The molecule has 2 rings (SSSR count). The van der Waals surface area contributed by atoms with Crippen LogP contribution in [0.1, 0.15) is 6.42 Å². The van der Waals surface area contributed by atoms with Gasteiger partial charge in [-0.1, -0.05) is 23.2 Å². The van der Waals surface area contributed by atoms with Gasteiger partial charge in [0.15, 0.2) is 0 Å². The highest BCUT2D eigenvalue weighted by Gasteiger charge is 2.11. The molecule has 21 heavy (non-hydrogen) atoms. The molecule has 2 aromatic rings. The van der Waals surface area contributed by atoms with E-state index < -0.39 is 0 Å². The zero-order valence-corrected chi connectivity index (χ0v) is 13.2. The molecule has 1 aromatic carbocycles. The number of benzene rings is 1. The molecular weight excluding hydrogens is 331 g/mol. The van der Waals surface area contributed by atoms with Crippen LogP contribution >= 0.6 is 35.0 Å². The zero-order valence-electron chi connectivity index (χ0n) is 10.8. The zero-order chi connectivity index (χ0) is 15.2. The minimum atomic E-state index is -0.181. The third-order valence-electron chi connectivity index (χ3n) is 2.45. The molecule has 110 valence electrons. The summed E-state index contributed by atoms with van der Waals surface area (Å²) in [4.78, 5) is 19.9. The number of nitrogens with one attached hydrogen (secondary N) is 1. The van der Waals surface area contributed by atoms with Gasteiger partial charge in [-0.2, -0.15) is 0 Å². The Morgan fingerprint density at radius 2 is 2.00 bits per heavy atom. The first-order chi connectivity index (χ1) is 10.1. The van der Waals surface area contributed by atoms with Crippen LogP contribution in [-0.4, -0.2) is 21.6 Å². The lowest BCUT2D eigenvalue weighted by Gasteiger charge is -2.10. The number of aromatic nitrogens is 2. The lowest BCUT2D eigenvalue weighted by Crippen LogP contribution is -2.13. The second kappa shape index (κ2) is 7.49. The second-order valence-corrected chi connectivity index (χ2v) is 5.98. The summed E-state index contributed by atoms with van der Waals surface area (Å²) in [5.74, 6) is 0.398. The fraction of sp³-hybridized carbons (Fsp3) is 0.154. The molecule has 1 aromatic heterocycles. The van der Waals surface area contributed by atoms with Crippen molar-refractivity contribution in [1.29, 1.82) is 0 Å². The van der Waals surface area contributed by atoms with Crippen molar-refractivity contribution < 1.29 is 4.79 Å². The number of carbonyl (C=O) groups excluding carboxylic acids is 1. The molecule has 0 fully saturated rings. The predicted molar refractivity (Wildman–Crippen MR) is 86.9 cm³/mol. The van der Waals surface area contributed by atoms with Gasteiger partial charge in [-0.15, -0.1) is 11.8 Å². The number of nitrogen functional groups attached to an aromatic ring is 1. The van der Waals surface area contributed by atoms with E-state index in [2.05, 4.69) is 15.3 Å². The van der Waals surface area contributed by atoms with Crippen LogP contribution in [0.5, 0.6) is 0 Å². The van der Waals surface area contributed by atoms with E-state index in [4.69, 9.17) is 28.9 Å². The Balaban J connectivity index is 1.88. The van der Waals surface area contributed by atoms with Gasteiger partial charge in [0.05, 0.1) is 21.9 Å². The van der Waals surface area contributed by atoms with E-state index in [-0.39, 0.29) is 5.91 Å². The molecule has 1 amide bonds. The van der Waals surface area contributed by atoms with Gasteiger partial charge in [0.2, 0.25) is 5.91 Å². The lowest BCUT2D eigenvalue weighted by atomic mass is 10.2. The van der Waals surface area contributed by atoms with Gasteiger partial charge in [0.25, 0.3) is 0 Å². The van der Waals surface area contributed by atoms with Crippen molar-refractivity contribution in [1.82, 2.24) is 9.97 Å². The van der Waals surface area contributed by atoms with Crippen molar-refractivity contribution in [3.05, 3.63) is 40.8 Å². The maximum atomic E-state index is 11.9. The molecule has 0 aliphatic carbocycles. The quantitative estimate of drug-likeness (QED) is 0.642. The van der Waals surface area contributed by atoms with Crippen LogP contribution in [0.25, 0.3) is 0 Å². The summed E-state index contributed by atoms with van der Waals surface area (Å²) in [6, 6.07) is 3.08. The van der Waals surface area contributed by atoms with Crippen LogP contribution in [0, 0.1) is 0 Å². The summed E-state index contributed by atoms with van der Waals surface area (Å²) >= 11 is 13.5. The molecule has 5 nitrogen and oxygen atoms in total. The molecular formula is C13H12Cl2N4OS. The van der Waals surface area contributed by atoms with Crippen molar-refractivity contribution in [3.63, 3.8) is 0 Å².